The number of pyridine rings is 1. The Bertz CT molecular complexity index is 1580. The fourth-order valence-corrected chi connectivity index (χ4v) is 9.83. The van der Waals surface area contributed by atoms with E-state index in [9.17, 15) is 21.9 Å². The van der Waals surface area contributed by atoms with Crippen molar-refractivity contribution < 1.29 is 35.8 Å². The molecule has 3 saturated heterocycles. The SMILES string of the molecule is C=C[C@H]1CN2CC[C@H]1C[C@H]2[C@H](O)c1ccnc2ccc(OC)cc12.CCCCCCCCCCCCCCS(=O)(=O)O.CCCCCCCCCCCCCCS(=O)(=O)O. The van der Waals surface area contributed by atoms with Gasteiger partial charge < -0.3 is 9.84 Å². The molecule has 346 valence electrons. The Balaban J connectivity index is 0.000000317. The van der Waals surface area contributed by atoms with Crippen molar-refractivity contribution in [1.29, 1.82) is 0 Å². The minimum Gasteiger partial charge on any atom is -0.497 e. The molecule has 3 fully saturated rings. The van der Waals surface area contributed by atoms with Crippen LogP contribution in [0.25, 0.3) is 10.9 Å². The first-order valence-corrected chi connectivity index (χ1v) is 26.9. The Morgan fingerprint density at radius 3 is 1.57 bits per heavy atom. The number of nitrogens with zero attached hydrogens (tertiary/aromatic N) is 2. The first-order chi connectivity index (χ1) is 28.8. The molecule has 4 heterocycles. The molecule has 0 radical (unpaired) electrons. The quantitative estimate of drug-likeness (QED) is 0.0392. The minimum atomic E-state index is -3.74. The number of benzene rings is 1. The van der Waals surface area contributed by atoms with Gasteiger partial charge in [-0.3, -0.25) is 19.0 Å². The van der Waals surface area contributed by atoms with Crippen LogP contribution in [0, 0.1) is 11.8 Å². The van der Waals surface area contributed by atoms with Crippen LogP contribution in [0.2, 0.25) is 0 Å². The number of aromatic nitrogens is 1. The highest BCUT2D eigenvalue weighted by Gasteiger charge is 2.42. The molecule has 10 nitrogen and oxygen atoms in total. The smallest absolute Gasteiger partial charge is 0.264 e. The lowest BCUT2D eigenvalue weighted by atomic mass is 9.73. The molecule has 12 heteroatoms. The zero-order valence-corrected chi connectivity index (χ0v) is 39.4. The lowest BCUT2D eigenvalue weighted by molar-refractivity contribution is -0.0444. The molecule has 2 aromatic rings. The maximum absolute atomic E-state index is 11.2. The number of hydrogen-bond acceptors (Lipinski definition) is 8. The Kier molecular flexibility index (Phi) is 28.6. The number of aliphatic hydroxyl groups excluding tert-OH is 1. The Morgan fingerprint density at radius 2 is 1.18 bits per heavy atom. The van der Waals surface area contributed by atoms with Crippen LogP contribution in [0.5, 0.6) is 5.75 Å². The summed E-state index contributed by atoms with van der Waals surface area (Å²) < 4.78 is 64.3. The fraction of sp³-hybridized carbons (Fsp3) is 0.771. The summed E-state index contributed by atoms with van der Waals surface area (Å²) >= 11 is 0. The van der Waals surface area contributed by atoms with Gasteiger partial charge in [0.15, 0.2) is 0 Å². The number of hydrogen-bond donors (Lipinski definition) is 3. The normalized spacial score (nSPS) is 19.2. The van der Waals surface area contributed by atoms with Crippen LogP contribution in [0.15, 0.2) is 43.1 Å². The van der Waals surface area contributed by atoms with Crippen molar-refractivity contribution in [1.82, 2.24) is 9.88 Å². The topological polar surface area (TPSA) is 154 Å². The molecule has 3 aliphatic heterocycles. The summed E-state index contributed by atoms with van der Waals surface area (Å²) in [6.07, 6.45) is 34.6. The van der Waals surface area contributed by atoms with E-state index in [-0.39, 0.29) is 17.5 Å². The van der Waals surface area contributed by atoms with Crippen LogP contribution in [-0.4, -0.2) is 78.7 Å². The van der Waals surface area contributed by atoms with Gasteiger partial charge in [0, 0.05) is 24.2 Å². The number of methoxy groups -OCH3 is 1. The van der Waals surface area contributed by atoms with Gasteiger partial charge in [-0.25, -0.2) is 0 Å². The van der Waals surface area contributed by atoms with Crippen molar-refractivity contribution in [2.45, 2.75) is 193 Å². The third-order valence-electron chi connectivity index (χ3n) is 12.3. The standard InChI is InChI=1S/C20H24N2O2.2C14H30O3S/c1-3-13-12-22-9-7-14(13)10-19(22)20(23)16-6-8-21-18-5-4-15(24-2)11-17(16)18;2*1-2-3-4-5-6-7-8-9-10-11-12-13-14-18(15,16)17/h3-6,8,11,13-14,19-20,23H,1,7,9-10,12H2,2H3;2*2-14H2,1H3,(H,15,16,17)/t13-,14-,19-,20+;;/m0../s1. The van der Waals surface area contributed by atoms with Gasteiger partial charge in [-0.1, -0.05) is 161 Å². The van der Waals surface area contributed by atoms with Gasteiger partial charge >= 0.3 is 0 Å². The average molecular weight is 881 g/mol. The van der Waals surface area contributed by atoms with E-state index in [1.165, 1.54) is 122 Å². The van der Waals surface area contributed by atoms with Crippen LogP contribution in [-0.2, 0) is 20.2 Å². The molecule has 0 spiro atoms. The molecular weight excluding hydrogens is 797 g/mol. The molecule has 5 atom stereocenters. The van der Waals surface area contributed by atoms with Crippen molar-refractivity contribution in [2.24, 2.45) is 11.8 Å². The highest BCUT2D eigenvalue weighted by atomic mass is 32.2. The minimum absolute atomic E-state index is 0.0789. The van der Waals surface area contributed by atoms with Gasteiger partial charge in [0.1, 0.15) is 5.75 Å². The highest BCUT2D eigenvalue weighted by Crippen LogP contribution is 2.42. The van der Waals surface area contributed by atoms with E-state index in [1.807, 2.05) is 24.3 Å². The molecule has 1 aromatic heterocycles. The van der Waals surface area contributed by atoms with E-state index in [2.05, 4.69) is 36.4 Å². The second-order valence-corrected chi connectivity index (χ2v) is 20.5. The third-order valence-corrected chi connectivity index (χ3v) is 13.9. The van der Waals surface area contributed by atoms with E-state index < -0.39 is 26.3 Å². The van der Waals surface area contributed by atoms with Crippen molar-refractivity contribution >= 4 is 31.1 Å². The zero-order valence-electron chi connectivity index (χ0n) is 37.8. The van der Waals surface area contributed by atoms with Crippen LogP contribution >= 0.6 is 0 Å². The molecule has 0 saturated carbocycles. The van der Waals surface area contributed by atoms with Crippen molar-refractivity contribution in [3.63, 3.8) is 0 Å². The van der Waals surface area contributed by atoms with E-state index >= 15 is 0 Å². The summed E-state index contributed by atoms with van der Waals surface area (Å²) in [5.41, 5.74) is 1.85. The van der Waals surface area contributed by atoms with E-state index in [1.54, 1.807) is 13.3 Å². The fourth-order valence-electron chi connectivity index (χ4n) is 8.70. The first-order valence-electron chi connectivity index (χ1n) is 23.7. The summed E-state index contributed by atoms with van der Waals surface area (Å²) in [5.74, 6) is 1.85. The summed E-state index contributed by atoms with van der Waals surface area (Å²) in [5, 5.41) is 12.1. The molecule has 60 heavy (non-hydrogen) atoms. The number of rotatable bonds is 30. The zero-order chi connectivity index (χ0) is 44.1. The van der Waals surface area contributed by atoms with Crippen molar-refractivity contribution in [3.8, 4) is 5.75 Å². The molecule has 1 aromatic carbocycles. The average Bonchev–Trinajstić information content (AvgIpc) is 3.23. The van der Waals surface area contributed by atoms with Crippen LogP contribution < -0.4 is 4.74 Å². The van der Waals surface area contributed by atoms with Crippen LogP contribution in [0.3, 0.4) is 0 Å². The summed E-state index contributed by atoms with van der Waals surface area (Å²) in [6.45, 7) is 10.5. The maximum atomic E-state index is 11.2. The van der Waals surface area contributed by atoms with Gasteiger partial charge in [-0.2, -0.15) is 16.8 Å². The number of fused-ring (bicyclic) bond motifs is 4. The molecule has 3 aliphatic rings. The van der Waals surface area contributed by atoms with E-state index in [4.69, 9.17) is 13.8 Å². The molecule has 5 rings (SSSR count). The summed E-state index contributed by atoms with van der Waals surface area (Å²) in [6, 6.07) is 7.96. The van der Waals surface area contributed by atoms with Crippen LogP contribution in [0.1, 0.15) is 192 Å². The third kappa shape index (κ3) is 23.9. The number of ether oxygens (including phenoxy) is 1. The lowest BCUT2D eigenvalue weighted by Gasteiger charge is -2.50. The largest absolute Gasteiger partial charge is 0.497 e. The first kappa shape index (κ1) is 54.0. The Hall–Kier alpha value is -2.09. The Morgan fingerprint density at radius 1 is 0.733 bits per heavy atom. The number of unbranched alkanes of at least 4 members (excludes halogenated alkanes) is 22. The molecule has 0 amide bonds. The van der Waals surface area contributed by atoms with Gasteiger partial charge in [0.05, 0.1) is 30.2 Å². The van der Waals surface area contributed by atoms with Crippen molar-refractivity contribution in [3.05, 3.63) is 48.7 Å². The number of aliphatic hydroxyl groups is 1. The Labute approximate surface area is 366 Å². The lowest BCUT2D eigenvalue weighted by Crippen LogP contribution is -2.54. The molecule has 3 N–H and O–H groups in total. The van der Waals surface area contributed by atoms with Gasteiger partial charge in [-0.05, 0) is 73.9 Å². The second kappa shape index (κ2) is 31.7. The van der Waals surface area contributed by atoms with Gasteiger partial charge in [-0.15, -0.1) is 6.58 Å². The molecule has 0 aliphatic carbocycles. The van der Waals surface area contributed by atoms with Crippen molar-refractivity contribution in [2.75, 3.05) is 31.7 Å². The van der Waals surface area contributed by atoms with Crippen LogP contribution in [0.4, 0.5) is 0 Å². The van der Waals surface area contributed by atoms with Gasteiger partial charge in [0.25, 0.3) is 20.2 Å². The second-order valence-electron chi connectivity index (χ2n) is 17.3. The predicted octanol–water partition coefficient (Wildman–Crippen LogP) is 12.3. The van der Waals surface area contributed by atoms with E-state index in [0.717, 1.165) is 67.4 Å². The maximum Gasteiger partial charge on any atom is 0.264 e. The van der Waals surface area contributed by atoms with E-state index in [0.29, 0.717) is 24.7 Å². The monoisotopic (exact) mass is 881 g/mol. The summed E-state index contributed by atoms with van der Waals surface area (Å²) in [4.78, 5) is 6.86. The highest BCUT2D eigenvalue weighted by molar-refractivity contribution is 7.86. The molecule has 1 unspecified atom stereocenters. The number of piperidine rings is 3. The molecule has 2 bridgehead atoms. The summed E-state index contributed by atoms with van der Waals surface area (Å²) in [7, 11) is -5.81. The van der Waals surface area contributed by atoms with Gasteiger partial charge in [0.2, 0.25) is 0 Å². The predicted molar refractivity (Wildman–Crippen MR) is 250 cm³/mol. The molecular formula is C48H84N2O8S2.